The minimum atomic E-state index is -0.370. The summed E-state index contributed by atoms with van der Waals surface area (Å²) in [6.07, 6.45) is 13.3. The highest BCUT2D eigenvalue weighted by molar-refractivity contribution is 5.77. The lowest BCUT2D eigenvalue weighted by molar-refractivity contribution is -0.949. The maximum absolute atomic E-state index is 12.9. The van der Waals surface area contributed by atoms with E-state index >= 15 is 0 Å². The van der Waals surface area contributed by atoms with Crippen molar-refractivity contribution >= 4 is 5.97 Å². The molecule has 0 radical (unpaired) electrons. The summed E-state index contributed by atoms with van der Waals surface area (Å²) in [5, 5.41) is 0. The lowest BCUT2D eigenvalue weighted by Gasteiger charge is -2.57. The van der Waals surface area contributed by atoms with Gasteiger partial charge in [0.25, 0.3) is 0 Å². The van der Waals surface area contributed by atoms with E-state index < -0.39 is 0 Å². The van der Waals surface area contributed by atoms with E-state index in [1.807, 2.05) is 6.26 Å². The third kappa shape index (κ3) is 4.33. The quantitative estimate of drug-likeness (QED) is 0.272. The molecule has 0 aromatic carbocycles. The van der Waals surface area contributed by atoms with Gasteiger partial charge in [0.15, 0.2) is 5.76 Å². The molecule has 0 bridgehead atoms. The Kier molecular flexibility index (Phi) is 6.88. The molecule has 3 fully saturated rings. The molecule has 0 spiro atoms. The molecule has 2 aliphatic carbocycles. The van der Waals surface area contributed by atoms with Crippen LogP contribution in [0.25, 0.3) is 0 Å². The Morgan fingerprint density at radius 2 is 2.03 bits per heavy atom. The van der Waals surface area contributed by atoms with Gasteiger partial charge in [-0.05, 0) is 101 Å². The molecule has 1 aliphatic heterocycles. The predicted octanol–water partition coefficient (Wildman–Crippen LogP) is 6.68. The van der Waals surface area contributed by atoms with Gasteiger partial charge >= 0.3 is 5.97 Å². The van der Waals surface area contributed by atoms with Crippen LogP contribution in [-0.2, 0) is 22.5 Å². The Balaban J connectivity index is 1.51. The maximum Gasteiger partial charge on any atom is 0.311 e. The second-order valence-corrected chi connectivity index (χ2v) is 12.2. The summed E-state index contributed by atoms with van der Waals surface area (Å²) in [7, 11) is 3.95. The van der Waals surface area contributed by atoms with Crippen molar-refractivity contribution in [2.75, 3.05) is 20.7 Å². The molecule has 4 rings (SSSR count). The molecular weight excluding hydrogens is 410 g/mol. The van der Waals surface area contributed by atoms with Crippen LogP contribution in [0.4, 0.5) is 0 Å². The SMILES string of the molecule is C=C1CC[C@@H]2[C@](C)(CCC[C@]2(C)C(=O)OC)[C@H]1CCc1ccoc1C[N@@+]1(C)CCCC[C@H]1C. The molecule has 184 valence electrons. The number of likely N-dealkylation sites (tertiary alicyclic amines) is 1. The van der Waals surface area contributed by atoms with Gasteiger partial charge in [0.2, 0.25) is 0 Å². The fourth-order valence-electron chi connectivity index (χ4n) is 8.00. The van der Waals surface area contributed by atoms with Crippen LogP contribution >= 0.6 is 0 Å². The first-order chi connectivity index (χ1) is 15.6. The largest absolute Gasteiger partial charge is 0.469 e. The van der Waals surface area contributed by atoms with Crippen molar-refractivity contribution in [2.24, 2.45) is 22.7 Å². The highest BCUT2D eigenvalue weighted by Crippen LogP contribution is 2.62. The molecule has 4 nitrogen and oxygen atoms in total. The van der Waals surface area contributed by atoms with Gasteiger partial charge in [0.05, 0.1) is 38.4 Å². The summed E-state index contributed by atoms with van der Waals surface area (Å²) in [4.78, 5) is 12.9. The molecular formula is C29H46NO3+. The number of furan rings is 1. The van der Waals surface area contributed by atoms with Crippen LogP contribution in [0.3, 0.4) is 0 Å². The Hall–Kier alpha value is -1.55. The van der Waals surface area contributed by atoms with Crippen LogP contribution in [0.15, 0.2) is 28.9 Å². The molecule has 33 heavy (non-hydrogen) atoms. The van der Waals surface area contributed by atoms with Gasteiger partial charge in [-0.2, -0.15) is 0 Å². The summed E-state index contributed by atoms with van der Waals surface area (Å²) in [6.45, 7) is 13.8. The number of hydrogen-bond donors (Lipinski definition) is 0. The van der Waals surface area contributed by atoms with Crippen molar-refractivity contribution in [3.05, 3.63) is 35.8 Å². The topological polar surface area (TPSA) is 39.4 Å². The average molecular weight is 457 g/mol. The van der Waals surface area contributed by atoms with E-state index in [1.54, 1.807) is 7.11 Å². The van der Waals surface area contributed by atoms with Crippen LogP contribution in [0.2, 0.25) is 0 Å². The van der Waals surface area contributed by atoms with Crippen molar-refractivity contribution < 1.29 is 18.4 Å². The monoisotopic (exact) mass is 456 g/mol. The number of fused-ring (bicyclic) bond motifs is 1. The van der Waals surface area contributed by atoms with Gasteiger partial charge in [-0.3, -0.25) is 4.79 Å². The molecule has 0 unspecified atom stereocenters. The molecule has 1 aromatic heterocycles. The molecule has 0 amide bonds. The number of rotatable bonds is 6. The highest BCUT2D eigenvalue weighted by Gasteiger charge is 2.57. The summed E-state index contributed by atoms with van der Waals surface area (Å²) in [5.74, 6) is 1.97. The van der Waals surface area contributed by atoms with Crippen molar-refractivity contribution in [3.8, 4) is 0 Å². The van der Waals surface area contributed by atoms with Crippen LogP contribution in [0.1, 0.15) is 89.9 Å². The van der Waals surface area contributed by atoms with Crippen molar-refractivity contribution in [1.82, 2.24) is 0 Å². The van der Waals surface area contributed by atoms with Gasteiger partial charge in [0.1, 0.15) is 6.54 Å². The molecule has 6 atom stereocenters. The molecule has 3 aliphatic rings. The van der Waals surface area contributed by atoms with E-state index in [2.05, 4.69) is 40.5 Å². The predicted molar refractivity (Wildman–Crippen MR) is 133 cm³/mol. The van der Waals surface area contributed by atoms with Crippen LogP contribution in [0, 0.1) is 22.7 Å². The number of allylic oxidation sites excluding steroid dienone is 1. The lowest BCUT2D eigenvalue weighted by atomic mass is 9.46. The summed E-state index contributed by atoms with van der Waals surface area (Å²) < 4.78 is 12.4. The van der Waals surface area contributed by atoms with Crippen molar-refractivity contribution in [3.63, 3.8) is 0 Å². The molecule has 2 saturated carbocycles. The lowest BCUT2D eigenvalue weighted by Crippen LogP contribution is -2.53. The number of carbonyl (C=O) groups excluding carboxylic acids is 1. The van der Waals surface area contributed by atoms with E-state index in [-0.39, 0.29) is 16.8 Å². The Labute approximate surface area is 201 Å². The van der Waals surface area contributed by atoms with Gasteiger partial charge < -0.3 is 13.6 Å². The van der Waals surface area contributed by atoms with Crippen LogP contribution < -0.4 is 0 Å². The smallest absolute Gasteiger partial charge is 0.311 e. The zero-order valence-corrected chi connectivity index (χ0v) is 21.8. The highest BCUT2D eigenvalue weighted by atomic mass is 16.5. The zero-order valence-electron chi connectivity index (χ0n) is 21.8. The third-order valence-electron chi connectivity index (χ3n) is 10.3. The minimum absolute atomic E-state index is 0.0191. The van der Waals surface area contributed by atoms with Gasteiger partial charge in [0, 0.05) is 0 Å². The van der Waals surface area contributed by atoms with Crippen LogP contribution in [-0.4, -0.2) is 37.2 Å². The number of quaternary nitrogens is 1. The van der Waals surface area contributed by atoms with Crippen LogP contribution in [0.5, 0.6) is 0 Å². The van der Waals surface area contributed by atoms with Gasteiger partial charge in [-0.1, -0.05) is 25.5 Å². The zero-order chi connectivity index (χ0) is 23.9. The Bertz CT molecular complexity index is 874. The second-order valence-electron chi connectivity index (χ2n) is 12.2. The van der Waals surface area contributed by atoms with E-state index in [0.29, 0.717) is 17.9 Å². The number of nitrogens with zero attached hydrogens (tertiary/aromatic N) is 1. The molecule has 2 heterocycles. The summed E-state index contributed by atoms with van der Waals surface area (Å²) >= 11 is 0. The second kappa shape index (κ2) is 9.24. The molecule has 4 heteroatoms. The molecule has 0 N–H and O–H groups in total. The Morgan fingerprint density at radius 3 is 2.76 bits per heavy atom. The first kappa shape index (κ1) is 24.6. The summed E-state index contributed by atoms with van der Waals surface area (Å²) in [5.41, 5.74) is 2.50. The fourth-order valence-corrected chi connectivity index (χ4v) is 8.00. The number of carbonyl (C=O) groups is 1. The number of esters is 1. The van der Waals surface area contributed by atoms with Crippen molar-refractivity contribution in [2.45, 2.75) is 97.6 Å². The Morgan fingerprint density at radius 1 is 1.24 bits per heavy atom. The summed E-state index contributed by atoms with van der Waals surface area (Å²) in [6, 6.07) is 2.88. The molecule has 1 aromatic rings. The van der Waals surface area contributed by atoms with E-state index in [0.717, 1.165) is 49.6 Å². The van der Waals surface area contributed by atoms with Gasteiger partial charge in [-0.15, -0.1) is 0 Å². The number of piperidine rings is 1. The number of ether oxygens (including phenoxy) is 1. The first-order valence-electron chi connectivity index (χ1n) is 13.3. The number of methoxy groups -OCH3 is 1. The minimum Gasteiger partial charge on any atom is -0.469 e. The number of aryl methyl sites for hydroxylation is 1. The fraction of sp³-hybridized carbons (Fsp3) is 0.759. The third-order valence-corrected chi connectivity index (χ3v) is 10.3. The van der Waals surface area contributed by atoms with E-state index in [9.17, 15) is 4.79 Å². The molecule has 1 saturated heterocycles. The van der Waals surface area contributed by atoms with E-state index in [4.69, 9.17) is 9.15 Å². The maximum atomic E-state index is 12.9. The van der Waals surface area contributed by atoms with Crippen molar-refractivity contribution in [1.29, 1.82) is 0 Å². The normalized spacial score (nSPS) is 39.2. The van der Waals surface area contributed by atoms with E-state index in [1.165, 1.54) is 49.1 Å². The average Bonchev–Trinajstić information content (AvgIpc) is 3.21. The number of hydrogen-bond acceptors (Lipinski definition) is 3. The standard InChI is InChI=1S/C29H46NO3/c1-21-11-14-26-28(3,16-9-17-29(26,4)27(31)32-6)24(21)13-12-23-15-19-33-25(23)20-30(5)18-8-7-10-22(30)2/h15,19,22,24,26H,1,7-14,16-18,20H2,2-6H3/q+1/t22-,24+,26-,28-,29+,30-/m1/s1. The van der Waals surface area contributed by atoms with Gasteiger partial charge in [-0.25, -0.2) is 0 Å². The first-order valence-corrected chi connectivity index (χ1v) is 13.3.